The molecule has 1 aliphatic rings. The van der Waals surface area contributed by atoms with Crippen molar-refractivity contribution in [2.45, 2.75) is 37.9 Å². The third kappa shape index (κ3) is 2.70. The Labute approximate surface area is 120 Å². The number of para-hydroxylation sites is 1. The molecule has 2 aromatic rings. The molecule has 1 aliphatic carbocycles. The minimum Gasteiger partial charge on any atom is -0.489 e. The zero-order valence-corrected chi connectivity index (χ0v) is 11.6. The number of benzene rings is 2. The van der Waals surface area contributed by atoms with Crippen LogP contribution in [0.2, 0.25) is 0 Å². The maximum Gasteiger partial charge on any atom is 0.125 e. The van der Waals surface area contributed by atoms with Crippen LogP contribution < -0.4 is 4.74 Å². The van der Waals surface area contributed by atoms with E-state index in [4.69, 9.17) is 4.74 Å². The summed E-state index contributed by atoms with van der Waals surface area (Å²) in [5.41, 5.74) is 1.38. The van der Waals surface area contributed by atoms with Crippen LogP contribution in [0.3, 0.4) is 0 Å². The van der Waals surface area contributed by atoms with Crippen LogP contribution >= 0.6 is 0 Å². The standard InChI is InChI=1S/C18H20O2/c19-18(12-6-7-13-18)16-10-4-5-11-17(16)20-14-15-8-2-1-3-9-15/h1-5,8-11,19H,6-7,12-14H2. The lowest BCUT2D eigenvalue weighted by atomic mass is 9.91. The van der Waals surface area contributed by atoms with E-state index < -0.39 is 5.60 Å². The lowest BCUT2D eigenvalue weighted by Crippen LogP contribution is -2.21. The molecule has 0 aliphatic heterocycles. The van der Waals surface area contributed by atoms with Crippen LogP contribution in [0.25, 0.3) is 0 Å². The molecule has 0 radical (unpaired) electrons. The first-order valence-electron chi connectivity index (χ1n) is 7.27. The number of aliphatic hydroxyl groups is 1. The Bertz CT molecular complexity index is 557. The lowest BCUT2D eigenvalue weighted by Gasteiger charge is -2.25. The quantitative estimate of drug-likeness (QED) is 0.907. The van der Waals surface area contributed by atoms with Crippen LogP contribution in [-0.2, 0) is 12.2 Å². The Hall–Kier alpha value is -1.80. The molecule has 0 heterocycles. The molecule has 0 unspecified atom stereocenters. The third-order valence-electron chi connectivity index (χ3n) is 4.06. The van der Waals surface area contributed by atoms with Crippen molar-refractivity contribution in [2.75, 3.05) is 0 Å². The molecular formula is C18H20O2. The molecule has 0 atom stereocenters. The van der Waals surface area contributed by atoms with Crippen molar-refractivity contribution in [1.82, 2.24) is 0 Å². The molecule has 1 saturated carbocycles. The normalized spacial score (nSPS) is 17.1. The topological polar surface area (TPSA) is 29.5 Å². The Kier molecular flexibility index (Phi) is 3.75. The van der Waals surface area contributed by atoms with Crippen molar-refractivity contribution >= 4 is 0 Å². The van der Waals surface area contributed by atoms with Crippen LogP contribution in [0.15, 0.2) is 54.6 Å². The van der Waals surface area contributed by atoms with E-state index in [0.29, 0.717) is 6.61 Å². The molecule has 1 N–H and O–H groups in total. The van der Waals surface area contributed by atoms with Gasteiger partial charge in [-0.2, -0.15) is 0 Å². The van der Waals surface area contributed by atoms with Crippen LogP contribution in [0.5, 0.6) is 5.75 Å². The summed E-state index contributed by atoms with van der Waals surface area (Å²) in [7, 11) is 0. The summed E-state index contributed by atoms with van der Waals surface area (Å²) in [6, 6.07) is 18.0. The largest absolute Gasteiger partial charge is 0.489 e. The SMILES string of the molecule is OC1(c2ccccc2OCc2ccccc2)CCCC1. The summed E-state index contributed by atoms with van der Waals surface area (Å²) in [4.78, 5) is 0. The highest BCUT2D eigenvalue weighted by atomic mass is 16.5. The Morgan fingerprint density at radius 3 is 2.30 bits per heavy atom. The molecule has 0 aromatic heterocycles. The van der Waals surface area contributed by atoms with Crippen molar-refractivity contribution in [2.24, 2.45) is 0 Å². The predicted molar refractivity (Wildman–Crippen MR) is 79.6 cm³/mol. The summed E-state index contributed by atoms with van der Waals surface area (Å²) in [6.45, 7) is 0.536. The van der Waals surface area contributed by atoms with Crippen molar-refractivity contribution in [1.29, 1.82) is 0 Å². The fourth-order valence-corrected chi connectivity index (χ4v) is 2.94. The Morgan fingerprint density at radius 2 is 1.55 bits per heavy atom. The number of hydrogen-bond acceptors (Lipinski definition) is 2. The molecule has 3 rings (SSSR count). The van der Waals surface area contributed by atoms with E-state index in [1.54, 1.807) is 0 Å². The van der Waals surface area contributed by atoms with Crippen LogP contribution in [0, 0.1) is 0 Å². The van der Waals surface area contributed by atoms with Gasteiger partial charge in [0.1, 0.15) is 12.4 Å². The van der Waals surface area contributed by atoms with E-state index in [0.717, 1.165) is 42.6 Å². The first-order valence-corrected chi connectivity index (χ1v) is 7.27. The highest BCUT2D eigenvalue weighted by Gasteiger charge is 2.35. The molecule has 1 fully saturated rings. The molecule has 104 valence electrons. The van der Waals surface area contributed by atoms with Gasteiger partial charge in [-0.05, 0) is 24.5 Å². The number of ether oxygens (including phenoxy) is 1. The summed E-state index contributed by atoms with van der Waals surface area (Å²) in [6.07, 6.45) is 3.84. The Balaban J connectivity index is 1.80. The van der Waals surface area contributed by atoms with E-state index in [9.17, 15) is 5.11 Å². The van der Waals surface area contributed by atoms with Gasteiger partial charge >= 0.3 is 0 Å². The average molecular weight is 268 g/mol. The van der Waals surface area contributed by atoms with Crippen molar-refractivity contribution in [3.63, 3.8) is 0 Å². The van der Waals surface area contributed by atoms with Crippen molar-refractivity contribution in [3.05, 3.63) is 65.7 Å². The monoisotopic (exact) mass is 268 g/mol. The predicted octanol–water partition coefficient (Wildman–Crippen LogP) is 4.03. The van der Waals surface area contributed by atoms with Gasteiger partial charge in [-0.3, -0.25) is 0 Å². The maximum atomic E-state index is 10.8. The molecule has 0 spiro atoms. The molecule has 0 bridgehead atoms. The van der Waals surface area contributed by atoms with E-state index in [1.807, 2.05) is 54.6 Å². The zero-order chi connectivity index (χ0) is 13.8. The van der Waals surface area contributed by atoms with Crippen molar-refractivity contribution < 1.29 is 9.84 Å². The third-order valence-corrected chi connectivity index (χ3v) is 4.06. The first-order chi connectivity index (χ1) is 9.78. The molecule has 0 amide bonds. The fourth-order valence-electron chi connectivity index (χ4n) is 2.94. The summed E-state index contributed by atoms with van der Waals surface area (Å²) >= 11 is 0. The molecule has 2 nitrogen and oxygen atoms in total. The zero-order valence-electron chi connectivity index (χ0n) is 11.6. The summed E-state index contributed by atoms with van der Waals surface area (Å²) < 4.78 is 5.94. The van der Waals surface area contributed by atoms with Gasteiger partial charge in [-0.15, -0.1) is 0 Å². The van der Waals surface area contributed by atoms with Crippen LogP contribution in [-0.4, -0.2) is 5.11 Å². The van der Waals surface area contributed by atoms with Gasteiger partial charge in [0.15, 0.2) is 0 Å². The molecule has 2 heteroatoms. The number of rotatable bonds is 4. The highest BCUT2D eigenvalue weighted by Crippen LogP contribution is 2.42. The van der Waals surface area contributed by atoms with Gasteiger partial charge in [0.25, 0.3) is 0 Å². The smallest absolute Gasteiger partial charge is 0.125 e. The molecule has 2 aromatic carbocycles. The van der Waals surface area contributed by atoms with Crippen LogP contribution in [0.4, 0.5) is 0 Å². The Morgan fingerprint density at radius 1 is 0.900 bits per heavy atom. The van der Waals surface area contributed by atoms with Gasteiger partial charge in [-0.1, -0.05) is 61.4 Å². The molecule has 20 heavy (non-hydrogen) atoms. The molecular weight excluding hydrogens is 248 g/mol. The van der Waals surface area contributed by atoms with E-state index >= 15 is 0 Å². The van der Waals surface area contributed by atoms with E-state index in [1.165, 1.54) is 0 Å². The second kappa shape index (κ2) is 5.68. The minimum absolute atomic E-state index is 0.536. The van der Waals surface area contributed by atoms with Gasteiger partial charge < -0.3 is 9.84 Å². The summed E-state index contributed by atoms with van der Waals surface area (Å²) in [5, 5.41) is 10.8. The van der Waals surface area contributed by atoms with Gasteiger partial charge in [0.05, 0.1) is 5.60 Å². The van der Waals surface area contributed by atoms with Gasteiger partial charge in [-0.25, -0.2) is 0 Å². The van der Waals surface area contributed by atoms with E-state index in [-0.39, 0.29) is 0 Å². The fraction of sp³-hybridized carbons (Fsp3) is 0.333. The lowest BCUT2D eigenvalue weighted by molar-refractivity contribution is 0.0410. The van der Waals surface area contributed by atoms with Crippen LogP contribution in [0.1, 0.15) is 36.8 Å². The van der Waals surface area contributed by atoms with Gasteiger partial charge in [0, 0.05) is 5.56 Å². The summed E-state index contributed by atoms with van der Waals surface area (Å²) in [5.74, 6) is 0.806. The maximum absolute atomic E-state index is 10.8. The second-order valence-electron chi connectivity index (χ2n) is 5.51. The first kappa shape index (κ1) is 13.2. The minimum atomic E-state index is -0.701. The number of hydrogen-bond donors (Lipinski definition) is 1. The average Bonchev–Trinajstić information content (AvgIpc) is 2.94. The van der Waals surface area contributed by atoms with Crippen molar-refractivity contribution in [3.8, 4) is 5.75 Å². The molecule has 0 saturated heterocycles. The van der Waals surface area contributed by atoms with E-state index in [2.05, 4.69) is 0 Å². The highest BCUT2D eigenvalue weighted by molar-refractivity contribution is 5.38. The van der Waals surface area contributed by atoms with Gasteiger partial charge in [0.2, 0.25) is 0 Å². The second-order valence-corrected chi connectivity index (χ2v) is 5.51.